The Labute approximate surface area is 176 Å². The number of nitrogens with one attached hydrogen (secondary N) is 2. The van der Waals surface area contributed by atoms with Crippen LogP contribution < -0.4 is 26.6 Å². The number of rotatable bonds is 4. The Bertz CT molecular complexity index is 1340. The molecule has 0 spiro atoms. The quantitative estimate of drug-likeness (QED) is 0.480. The number of esters is 1. The van der Waals surface area contributed by atoms with Crippen LogP contribution >= 0.6 is 12.2 Å². The minimum absolute atomic E-state index is 0.0320. The fourth-order valence-corrected chi connectivity index (χ4v) is 2.92. The fraction of sp³-hybridized carbons (Fsp3) is 0.0909. The standard InChI is InChI=1S/C22H18N2O5S/c1-13(25)29-22(30)16-5-3-4-15(10-16)12-19-21(27)23-18(20(26)24-19)11-14-6-8-17(28-2)9-7-14/h3-12H,1-2H3,(H,23,27)(H,24,26)/b18-11-,19-12-. The number of methoxy groups -OCH3 is 1. The van der Waals surface area contributed by atoms with Crippen molar-refractivity contribution in [3.63, 3.8) is 0 Å². The molecule has 0 saturated carbocycles. The van der Waals surface area contributed by atoms with Crippen LogP contribution in [0.15, 0.2) is 58.1 Å². The number of aromatic nitrogens is 2. The van der Waals surface area contributed by atoms with E-state index in [-0.39, 0.29) is 15.7 Å². The molecule has 0 aliphatic heterocycles. The van der Waals surface area contributed by atoms with Gasteiger partial charge in [-0.05, 0) is 53.7 Å². The highest BCUT2D eigenvalue weighted by Gasteiger charge is 2.06. The van der Waals surface area contributed by atoms with Gasteiger partial charge in [-0.15, -0.1) is 0 Å². The smallest absolute Gasteiger partial charge is 0.308 e. The Morgan fingerprint density at radius 1 is 0.933 bits per heavy atom. The second-order valence-corrected chi connectivity index (χ2v) is 6.67. The van der Waals surface area contributed by atoms with Gasteiger partial charge in [-0.25, -0.2) is 0 Å². The molecular formula is C22H18N2O5S. The largest absolute Gasteiger partial charge is 0.497 e. The van der Waals surface area contributed by atoms with Crippen LogP contribution in [0.4, 0.5) is 0 Å². The molecule has 0 aliphatic rings. The van der Waals surface area contributed by atoms with Crippen LogP contribution in [0.25, 0.3) is 12.2 Å². The van der Waals surface area contributed by atoms with E-state index in [1.54, 1.807) is 61.7 Å². The van der Waals surface area contributed by atoms with E-state index >= 15 is 0 Å². The van der Waals surface area contributed by atoms with E-state index < -0.39 is 17.1 Å². The van der Waals surface area contributed by atoms with Crippen LogP contribution in [0.5, 0.6) is 5.75 Å². The average Bonchev–Trinajstić information content (AvgIpc) is 2.72. The van der Waals surface area contributed by atoms with Crippen molar-refractivity contribution in [2.45, 2.75) is 6.92 Å². The molecule has 7 nitrogen and oxygen atoms in total. The maximum absolute atomic E-state index is 12.5. The number of thiocarbonyl (C=S) groups is 1. The van der Waals surface area contributed by atoms with Crippen molar-refractivity contribution in [1.29, 1.82) is 0 Å². The van der Waals surface area contributed by atoms with Crippen LogP contribution in [-0.2, 0) is 9.53 Å². The zero-order valence-corrected chi connectivity index (χ0v) is 17.0. The zero-order chi connectivity index (χ0) is 21.7. The SMILES string of the molecule is COc1ccc(/C=c2\[nH]c(=O)/c(=C/c3cccc(C(=S)OC(C)=O)c3)[nH]c2=O)cc1. The van der Waals surface area contributed by atoms with Crippen LogP contribution in [0.1, 0.15) is 23.6 Å². The molecule has 152 valence electrons. The molecule has 0 unspecified atom stereocenters. The number of hydrogen-bond acceptors (Lipinski definition) is 6. The van der Waals surface area contributed by atoms with Crippen molar-refractivity contribution in [3.8, 4) is 5.75 Å². The zero-order valence-electron chi connectivity index (χ0n) is 16.2. The number of hydrogen-bond donors (Lipinski definition) is 2. The van der Waals surface area contributed by atoms with Crippen LogP contribution in [0.2, 0.25) is 0 Å². The molecule has 30 heavy (non-hydrogen) atoms. The number of carbonyl (C=O) groups is 1. The van der Waals surface area contributed by atoms with Gasteiger partial charge in [0.25, 0.3) is 11.1 Å². The van der Waals surface area contributed by atoms with E-state index in [1.165, 1.54) is 13.0 Å². The van der Waals surface area contributed by atoms with Crippen molar-refractivity contribution in [3.05, 3.63) is 96.6 Å². The average molecular weight is 422 g/mol. The van der Waals surface area contributed by atoms with Gasteiger partial charge < -0.3 is 19.4 Å². The number of aromatic amines is 2. The van der Waals surface area contributed by atoms with Gasteiger partial charge in [0.2, 0.25) is 5.05 Å². The van der Waals surface area contributed by atoms with Crippen molar-refractivity contribution < 1.29 is 14.3 Å². The first-order chi connectivity index (χ1) is 14.4. The summed E-state index contributed by atoms with van der Waals surface area (Å²) in [5, 5.41) is 0.249. The monoisotopic (exact) mass is 422 g/mol. The molecular weight excluding hydrogens is 404 g/mol. The lowest BCUT2D eigenvalue weighted by Gasteiger charge is -2.04. The van der Waals surface area contributed by atoms with Crippen molar-refractivity contribution in [2.75, 3.05) is 7.11 Å². The first-order valence-electron chi connectivity index (χ1n) is 8.88. The first kappa shape index (κ1) is 20.9. The Kier molecular flexibility index (Phi) is 6.38. The summed E-state index contributed by atoms with van der Waals surface area (Å²) in [6, 6.07) is 13.8. The van der Waals surface area contributed by atoms with Gasteiger partial charge in [-0.1, -0.05) is 30.3 Å². The van der Waals surface area contributed by atoms with E-state index in [0.717, 1.165) is 5.56 Å². The van der Waals surface area contributed by atoms with Crippen molar-refractivity contribution in [2.24, 2.45) is 0 Å². The van der Waals surface area contributed by atoms with Crippen LogP contribution in [-0.4, -0.2) is 28.1 Å². The Balaban J connectivity index is 1.99. The summed E-state index contributed by atoms with van der Waals surface area (Å²) in [5.74, 6) is 0.175. The Morgan fingerprint density at radius 3 is 2.10 bits per heavy atom. The van der Waals surface area contributed by atoms with E-state index in [0.29, 0.717) is 16.9 Å². The predicted molar refractivity (Wildman–Crippen MR) is 117 cm³/mol. The molecule has 3 rings (SSSR count). The van der Waals surface area contributed by atoms with E-state index in [4.69, 9.17) is 21.7 Å². The number of carbonyl (C=O) groups excluding carboxylic acids is 1. The van der Waals surface area contributed by atoms with E-state index in [1.807, 2.05) is 0 Å². The molecule has 0 saturated heterocycles. The molecule has 8 heteroatoms. The third kappa shape index (κ3) is 5.18. The summed E-state index contributed by atoms with van der Waals surface area (Å²) in [4.78, 5) is 41.1. The minimum atomic E-state index is -0.515. The number of benzene rings is 2. The summed E-state index contributed by atoms with van der Waals surface area (Å²) < 4.78 is 10.0. The molecule has 0 fully saturated rings. The van der Waals surface area contributed by atoms with Crippen molar-refractivity contribution in [1.82, 2.24) is 9.97 Å². The Morgan fingerprint density at radius 2 is 1.53 bits per heavy atom. The molecule has 0 radical (unpaired) electrons. The molecule has 0 bridgehead atoms. The maximum atomic E-state index is 12.5. The minimum Gasteiger partial charge on any atom is -0.497 e. The molecule has 0 aliphatic carbocycles. The molecule has 1 heterocycles. The lowest BCUT2D eigenvalue weighted by Crippen LogP contribution is -2.46. The maximum Gasteiger partial charge on any atom is 0.308 e. The summed E-state index contributed by atoms with van der Waals surface area (Å²) in [6.45, 7) is 1.26. The van der Waals surface area contributed by atoms with Crippen molar-refractivity contribution >= 4 is 35.4 Å². The van der Waals surface area contributed by atoms with Gasteiger partial charge in [0.15, 0.2) is 0 Å². The summed E-state index contributed by atoms with van der Waals surface area (Å²) >= 11 is 5.07. The summed E-state index contributed by atoms with van der Waals surface area (Å²) in [6.07, 6.45) is 3.08. The normalized spacial score (nSPS) is 11.9. The fourth-order valence-electron chi connectivity index (χ4n) is 2.67. The summed E-state index contributed by atoms with van der Waals surface area (Å²) in [5.41, 5.74) is 0.957. The highest BCUT2D eigenvalue weighted by molar-refractivity contribution is 7.80. The highest BCUT2D eigenvalue weighted by Crippen LogP contribution is 2.11. The molecule has 0 amide bonds. The van der Waals surface area contributed by atoms with Gasteiger partial charge in [-0.3, -0.25) is 14.4 Å². The molecule has 2 aromatic carbocycles. The molecule has 3 aromatic rings. The van der Waals surface area contributed by atoms with Gasteiger partial charge in [0.1, 0.15) is 16.4 Å². The van der Waals surface area contributed by atoms with Crippen LogP contribution in [0, 0.1) is 0 Å². The second kappa shape index (κ2) is 9.15. The molecule has 2 N–H and O–H groups in total. The lowest BCUT2D eigenvalue weighted by molar-refractivity contribution is -0.132. The van der Waals surface area contributed by atoms with Crippen LogP contribution in [0.3, 0.4) is 0 Å². The van der Waals surface area contributed by atoms with E-state index in [2.05, 4.69) is 9.97 Å². The molecule has 0 atom stereocenters. The van der Waals surface area contributed by atoms with E-state index in [9.17, 15) is 14.4 Å². The highest BCUT2D eigenvalue weighted by atomic mass is 32.1. The van der Waals surface area contributed by atoms with Gasteiger partial charge in [-0.2, -0.15) is 0 Å². The second-order valence-electron chi connectivity index (χ2n) is 6.30. The molecule has 1 aromatic heterocycles. The van der Waals surface area contributed by atoms with Gasteiger partial charge >= 0.3 is 5.97 Å². The Hall–Kier alpha value is -3.78. The topological polar surface area (TPSA) is 101 Å². The predicted octanol–water partition coefficient (Wildman–Crippen LogP) is 0.968. The van der Waals surface area contributed by atoms with Gasteiger partial charge in [0, 0.05) is 12.5 Å². The third-order valence-corrected chi connectivity index (χ3v) is 4.40. The van der Waals surface area contributed by atoms with Gasteiger partial charge in [0.05, 0.1) is 7.11 Å². The third-order valence-electron chi connectivity index (χ3n) is 4.08. The number of ether oxygens (including phenoxy) is 2. The number of H-pyrrole nitrogens is 2. The summed E-state index contributed by atoms with van der Waals surface area (Å²) in [7, 11) is 1.57. The lowest BCUT2D eigenvalue weighted by atomic mass is 10.1. The first-order valence-corrected chi connectivity index (χ1v) is 9.29.